The van der Waals surface area contributed by atoms with Crippen LogP contribution in [-0.2, 0) is 0 Å². The molecule has 0 aliphatic rings. The van der Waals surface area contributed by atoms with Crippen molar-refractivity contribution in [2.75, 3.05) is 25.2 Å². The molecule has 0 radical (unpaired) electrons. The minimum atomic E-state index is -0.947. The van der Waals surface area contributed by atoms with E-state index in [0.29, 0.717) is 0 Å². The molecule has 0 spiro atoms. The molecule has 1 unspecified atom stereocenters. The Labute approximate surface area is 182 Å². The molecule has 1 atom stereocenters. The van der Waals surface area contributed by atoms with Crippen LogP contribution in [0.2, 0.25) is 0 Å². The summed E-state index contributed by atoms with van der Waals surface area (Å²) in [4.78, 5) is 0. The molecule has 0 heterocycles. The van der Waals surface area contributed by atoms with Gasteiger partial charge in [-0.25, -0.2) is 0 Å². The smallest absolute Gasteiger partial charge is 0.412 e. The maximum Gasteiger partial charge on any atom is -0.412 e. The van der Waals surface area contributed by atoms with Gasteiger partial charge in [-0.15, -0.1) is 0 Å². The minimum Gasteiger partial charge on any atom is -0.412 e. The SMILES string of the molecule is CCCCCCCC[PH](CCCCCCCC)(CCCCCCCC)PC.O. The molecule has 0 aromatic heterocycles. The first-order valence-corrected chi connectivity index (χ1v) is 18.1. The van der Waals surface area contributed by atoms with Crippen LogP contribution in [0.1, 0.15) is 136 Å². The van der Waals surface area contributed by atoms with Crippen molar-refractivity contribution in [2.45, 2.75) is 136 Å². The standard InChI is InChI=1S/C25H56P2.H2O/c1-5-8-11-14-17-20-23-27(26-4,24-21-18-15-12-9-6-2)25-22-19-16-13-10-7-3;/h26-27H,5-25H2,1-4H3;1H2. The predicted molar refractivity (Wildman–Crippen MR) is 141 cm³/mol. The summed E-state index contributed by atoms with van der Waals surface area (Å²) in [5.41, 5.74) is 0. The molecule has 0 amide bonds. The molecule has 0 fully saturated rings. The van der Waals surface area contributed by atoms with Crippen LogP contribution in [-0.4, -0.2) is 30.6 Å². The zero-order valence-electron chi connectivity index (χ0n) is 20.3. The van der Waals surface area contributed by atoms with Crippen molar-refractivity contribution in [1.82, 2.24) is 0 Å². The van der Waals surface area contributed by atoms with E-state index < -0.39 is 6.95 Å². The third kappa shape index (κ3) is 18.8. The van der Waals surface area contributed by atoms with Gasteiger partial charge >= 0.3 is 177 Å². The molecule has 0 aliphatic heterocycles. The van der Waals surface area contributed by atoms with Crippen molar-refractivity contribution in [1.29, 1.82) is 0 Å². The topological polar surface area (TPSA) is 31.5 Å². The summed E-state index contributed by atoms with van der Waals surface area (Å²) in [6.45, 7) is 8.63. The Morgan fingerprint density at radius 3 is 0.929 bits per heavy atom. The first kappa shape index (κ1) is 31.0. The Morgan fingerprint density at radius 1 is 0.429 bits per heavy atom. The molecular formula is C25H58OP2. The van der Waals surface area contributed by atoms with Gasteiger partial charge in [0.25, 0.3) is 0 Å². The van der Waals surface area contributed by atoms with E-state index >= 15 is 0 Å². The average molecular weight is 437 g/mol. The Balaban J connectivity index is 0. The zero-order valence-corrected chi connectivity index (χ0v) is 22.3. The molecular weight excluding hydrogens is 378 g/mol. The van der Waals surface area contributed by atoms with Crippen molar-refractivity contribution in [3.05, 3.63) is 0 Å². The van der Waals surface area contributed by atoms with Gasteiger partial charge in [0.15, 0.2) is 0 Å². The van der Waals surface area contributed by atoms with E-state index in [4.69, 9.17) is 0 Å². The molecule has 0 aliphatic carbocycles. The van der Waals surface area contributed by atoms with Gasteiger partial charge in [-0.2, -0.15) is 0 Å². The van der Waals surface area contributed by atoms with Crippen LogP contribution in [0.5, 0.6) is 0 Å². The summed E-state index contributed by atoms with van der Waals surface area (Å²) >= 11 is 0. The molecule has 0 rings (SSSR count). The quantitative estimate of drug-likeness (QED) is 0.120. The maximum atomic E-state index is 2.58. The maximum absolute atomic E-state index is 2.58. The second-order valence-corrected chi connectivity index (χ2v) is 18.3. The molecule has 1 nitrogen and oxygen atoms in total. The first-order chi connectivity index (χ1) is 13.2. The van der Waals surface area contributed by atoms with E-state index in [9.17, 15) is 0 Å². The predicted octanol–water partition coefficient (Wildman–Crippen LogP) is 9.22. The van der Waals surface area contributed by atoms with Crippen molar-refractivity contribution in [3.63, 3.8) is 0 Å². The van der Waals surface area contributed by atoms with E-state index in [1.807, 2.05) is 0 Å². The van der Waals surface area contributed by atoms with Crippen molar-refractivity contribution >= 4 is 15.2 Å². The van der Waals surface area contributed by atoms with Gasteiger partial charge in [0, 0.05) is 0 Å². The second-order valence-electron chi connectivity index (χ2n) is 9.08. The van der Waals surface area contributed by atoms with Gasteiger partial charge in [0.05, 0.1) is 0 Å². The Hall–Kier alpha value is 0.820. The second kappa shape index (κ2) is 24.1. The van der Waals surface area contributed by atoms with Crippen LogP contribution in [0, 0.1) is 0 Å². The number of hydrogen-bond acceptors (Lipinski definition) is 0. The third-order valence-electron chi connectivity index (χ3n) is 6.56. The van der Waals surface area contributed by atoms with Crippen molar-refractivity contribution in [2.24, 2.45) is 0 Å². The van der Waals surface area contributed by atoms with Gasteiger partial charge in [0.1, 0.15) is 0 Å². The monoisotopic (exact) mass is 436 g/mol. The van der Waals surface area contributed by atoms with Crippen LogP contribution in [0.3, 0.4) is 0 Å². The van der Waals surface area contributed by atoms with Gasteiger partial charge < -0.3 is 5.48 Å². The number of rotatable bonds is 22. The molecule has 28 heavy (non-hydrogen) atoms. The van der Waals surface area contributed by atoms with Gasteiger partial charge in [0.2, 0.25) is 0 Å². The van der Waals surface area contributed by atoms with Crippen LogP contribution in [0.15, 0.2) is 0 Å². The molecule has 0 bridgehead atoms. The molecule has 0 aromatic rings. The summed E-state index contributed by atoms with van der Waals surface area (Å²) in [6, 6.07) is 0. The largest absolute Gasteiger partial charge is 0.412 e. The summed E-state index contributed by atoms with van der Waals surface area (Å²) < 4.78 is 0. The van der Waals surface area contributed by atoms with Crippen molar-refractivity contribution in [3.8, 4) is 0 Å². The number of hydrogen-bond donors (Lipinski definition) is 0. The summed E-state index contributed by atoms with van der Waals surface area (Å²) in [6.07, 6.45) is 31.7. The molecule has 0 saturated carbocycles. The molecule has 0 aromatic carbocycles. The fraction of sp³-hybridized carbons (Fsp3) is 1.00. The molecule has 0 saturated heterocycles. The Morgan fingerprint density at radius 2 is 0.679 bits per heavy atom. The van der Waals surface area contributed by atoms with Gasteiger partial charge in [-0.3, -0.25) is 0 Å². The van der Waals surface area contributed by atoms with Gasteiger partial charge in [-0.05, 0) is 0 Å². The number of unbranched alkanes of at least 4 members (excludes halogenated alkanes) is 15. The van der Waals surface area contributed by atoms with Crippen LogP contribution < -0.4 is 0 Å². The van der Waals surface area contributed by atoms with E-state index in [1.54, 1.807) is 37.7 Å². The Kier molecular flexibility index (Phi) is 26.7. The van der Waals surface area contributed by atoms with E-state index in [-0.39, 0.29) is 5.48 Å². The summed E-state index contributed by atoms with van der Waals surface area (Å²) in [5.74, 6) is 0. The fourth-order valence-corrected chi connectivity index (χ4v) is 12.6. The van der Waals surface area contributed by atoms with E-state index in [1.165, 1.54) is 105 Å². The fourth-order valence-electron chi connectivity index (χ4n) is 4.48. The van der Waals surface area contributed by atoms with Crippen molar-refractivity contribution < 1.29 is 5.48 Å². The molecule has 2 N–H and O–H groups in total. The zero-order chi connectivity index (χ0) is 20.1. The van der Waals surface area contributed by atoms with E-state index in [0.717, 1.165) is 0 Å². The normalized spacial score (nSPS) is 12.6. The average Bonchev–Trinajstić information content (AvgIpc) is 2.69. The summed E-state index contributed by atoms with van der Waals surface area (Å²) in [7, 11) is 1.29. The van der Waals surface area contributed by atoms with Crippen LogP contribution in [0.25, 0.3) is 0 Å². The third-order valence-corrected chi connectivity index (χ3v) is 17.0. The first-order valence-electron chi connectivity index (χ1n) is 12.9. The Bertz CT molecular complexity index is 243. The minimum absolute atomic E-state index is 0. The molecule has 3 heteroatoms. The van der Waals surface area contributed by atoms with Crippen LogP contribution >= 0.6 is 15.2 Å². The van der Waals surface area contributed by atoms with Gasteiger partial charge in [-0.1, -0.05) is 0 Å². The summed E-state index contributed by atoms with van der Waals surface area (Å²) in [5, 5.41) is 0. The van der Waals surface area contributed by atoms with E-state index in [2.05, 4.69) is 27.4 Å². The molecule has 174 valence electrons. The van der Waals surface area contributed by atoms with Crippen LogP contribution in [0.4, 0.5) is 0 Å².